The van der Waals surface area contributed by atoms with Gasteiger partial charge in [0.1, 0.15) is 18.0 Å². The third-order valence-electron chi connectivity index (χ3n) is 5.31. The number of carbonyl (C=O) groups is 3. The number of halogens is 1. The molecule has 1 aliphatic carbocycles. The standard InChI is InChI=1S/C24H27FN2O6/c1-13(2)23(29)33-21-19(31-4)9-10-26-20(21)22(28)27-14(3)24(30)32-18-8-6-15-11-17(25)7-5-16(15)12-18/h5,7,9-11,13-14,18H,6,8,12H2,1-4H3,(H,27,28)/t14-,18?/m0/s1. The average Bonchev–Trinajstić information content (AvgIpc) is 2.78. The van der Waals surface area contributed by atoms with Gasteiger partial charge in [-0.3, -0.25) is 9.59 Å². The fourth-order valence-electron chi connectivity index (χ4n) is 3.45. The molecule has 2 aromatic rings. The molecule has 0 saturated heterocycles. The Labute approximate surface area is 191 Å². The highest BCUT2D eigenvalue weighted by atomic mass is 19.1. The third-order valence-corrected chi connectivity index (χ3v) is 5.31. The number of nitrogens with zero attached hydrogens (tertiary/aromatic N) is 1. The van der Waals surface area contributed by atoms with Crippen LogP contribution in [0.15, 0.2) is 30.5 Å². The first-order valence-electron chi connectivity index (χ1n) is 10.7. The van der Waals surface area contributed by atoms with Crippen molar-refractivity contribution >= 4 is 17.8 Å². The summed E-state index contributed by atoms with van der Waals surface area (Å²) in [5, 5.41) is 2.53. The molecule has 1 aromatic heterocycles. The number of hydrogen-bond acceptors (Lipinski definition) is 7. The van der Waals surface area contributed by atoms with Crippen LogP contribution in [-0.4, -0.2) is 42.1 Å². The van der Waals surface area contributed by atoms with Crippen molar-refractivity contribution in [3.8, 4) is 11.5 Å². The van der Waals surface area contributed by atoms with Crippen LogP contribution < -0.4 is 14.8 Å². The Balaban J connectivity index is 1.66. The van der Waals surface area contributed by atoms with Crippen molar-refractivity contribution in [3.05, 3.63) is 53.1 Å². The highest BCUT2D eigenvalue weighted by Crippen LogP contribution is 2.30. The van der Waals surface area contributed by atoms with E-state index in [1.807, 2.05) is 0 Å². The van der Waals surface area contributed by atoms with Crippen LogP contribution in [0.4, 0.5) is 4.39 Å². The fourth-order valence-corrected chi connectivity index (χ4v) is 3.45. The number of rotatable bonds is 7. The topological polar surface area (TPSA) is 104 Å². The largest absolute Gasteiger partial charge is 0.493 e. The number of benzene rings is 1. The molecular weight excluding hydrogens is 431 g/mol. The van der Waals surface area contributed by atoms with Crippen molar-refractivity contribution < 1.29 is 33.0 Å². The smallest absolute Gasteiger partial charge is 0.328 e. The Hall–Kier alpha value is -3.49. The maximum atomic E-state index is 13.4. The average molecular weight is 458 g/mol. The zero-order chi connectivity index (χ0) is 24.1. The Morgan fingerprint density at radius 2 is 1.88 bits per heavy atom. The number of carbonyl (C=O) groups excluding carboxylic acids is 3. The van der Waals surface area contributed by atoms with Crippen LogP contribution in [0.25, 0.3) is 0 Å². The lowest BCUT2D eigenvalue weighted by Gasteiger charge is -2.26. The second-order valence-corrected chi connectivity index (χ2v) is 8.18. The van der Waals surface area contributed by atoms with E-state index >= 15 is 0 Å². The molecule has 1 amide bonds. The van der Waals surface area contributed by atoms with Crippen molar-refractivity contribution in [3.63, 3.8) is 0 Å². The van der Waals surface area contributed by atoms with Gasteiger partial charge in [-0.25, -0.2) is 14.2 Å². The number of nitrogens with one attached hydrogen (secondary N) is 1. The van der Waals surface area contributed by atoms with Gasteiger partial charge in [0.05, 0.1) is 13.0 Å². The van der Waals surface area contributed by atoms with Gasteiger partial charge in [-0.2, -0.15) is 0 Å². The highest BCUT2D eigenvalue weighted by Gasteiger charge is 2.28. The minimum atomic E-state index is -0.978. The molecule has 1 N–H and O–H groups in total. The number of fused-ring (bicyclic) bond motifs is 1. The summed E-state index contributed by atoms with van der Waals surface area (Å²) in [5.41, 5.74) is 1.67. The first-order chi connectivity index (χ1) is 15.7. The van der Waals surface area contributed by atoms with Gasteiger partial charge in [-0.05, 0) is 43.0 Å². The van der Waals surface area contributed by atoms with Crippen LogP contribution in [0, 0.1) is 11.7 Å². The minimum Gasteiger partial charge on any atom is -0.493 e. The zero-order valence-electron chi connectivity index (χ0n) is 19.0. The van der Waals surface area contributed by atoms with E-state index in [1.54, 1.807) is 19.9 Å². The molecule has 8 nitrogen and oxygen atoms in total. The molecule has 1 aliphatic rings. The van der Waals surface area contributed by atoms with Crippen LogP contribution in [0.5, 0.6) is 11.5 Å². The lowest BCUT2D eigenvalue weighted by molar-refractivity contribution is -0.151. The first-order valence-corrected chi connectivity index (χ1v) is 10.7. The van der Waals surface area contributed by atoms with E-state index in [0.717, 1.165) is 11.1 Å². The molecule has 0 radical (unpaired) electrons. The van der Waals surface area contributed by atoms with Crippen LogP contribution in [0.1, 0.15) is 48.8 Å². The molecule has 0 bridgehead atoms. The molecule has 1 unspecified atom stereocenters. The van der Waals surface area contributed by atoms with Gasteiger partial charge in [-0.1, -0.05) is 19.9 Å². The maximum absolute atomic E-state index is 13.4. The summed E-state index contributed by atoms with van der Waals surface area (Å²) in [4.78, 5) is 41.5. The Morgan fingerprint density at radius 1 is 1.12 bits per heavy atom. The Kier molecular flexibility index (Phi) is 7.63. The maximum Gasteiger partial charge on any atom is 0.328 e. The second kappa shape index (κ2) is 10.4. The highest BCUT2D eigenvalue weighted by molar-refractivity contribution is 5.98. The van der Waals surface area contributed by atoms with Crippen molar-refractivity contribution in [2.24, 2.45) is 5.92 Å². The van der Waals surface area contributed by atoms with E-state index in [9.17, 15) is 18.8 Å². The number of amides is 1. The number of hydrogen-bond donors (Lipinski definition) is 1. The molecule has 0 spiro atoms. The number of ether oxygens (including phenoxy) is 3. The molecule has 1 heterocycles. The molecule has 9 heteroatoms. The molecule has 33 heavy (non-hydrogen) atoms. The summed E-state index contributed by atoms with van der Waals surface area (Å²) < 4.78 is 29.5. The van der Waals surface area contributed by atoms with E-state index in [4.69, 9.17) is 14.2 Å². The van der Waals surface area contributed by atoms with E-state index in [1.165, 1.54) is 38.4 Å². The van der Waals surface area contributed by atoms with Crippen LogP contribution in [-0.2, 0) is 27.2 Å². The van der Waals surface area contributed by atoms with Crippen LogP contribution >= 0.6 is 0 Å². The Bertz CT molecular complexity index is 1060. The molecule has 0 aliphatic heterocycles. The second-order valence-electron chi connectivity index (χ2n) is 8.18. The molecular formula is C24H27FN2O6. The van der Waals surface area contributed by atoms with Crippen molar-refractivity contribution in [2.75, 3.05) is 7.11 Å². The van der Waals surface area contributed by atoms with Gasteiger partial charge in [0.2, 0.25) is 5.75 Å². The summed E-state index contributed by atoms with van der Waals surface area (Å²) in [6.45, 7) is 4.80. The van der Waals surface area contributed by atoms with Gasteiger partial charge in [0.25, 0.3) is 5.91 Å². The summed E-state index contributed by atoms with van der Waals surface area (Å²) in [6.07, 6.45) is 2.62. The predicted molar refractivity (Wildman–Crippen MR) is 116 cm³/mol. The minimum absolute atomic E-state index is 0.118. The first kappa shape index (κ1) is 24.2. The van der Waals surface area contributed by atoms with Crippen LogP contribution in [0.2, 0.25) is 0 Å². The molecule has 0 saturated carbocycles. The number of aryl methyl sites for hydroxylation is 1. The molecule has 3 rings (SSSR count). The van der Waals surface area contributed by atoms with Crippen molar-refractivity contribution in [1.29, 1.82) is 0 Å². The molecule has 0 fully saturated rings. The quantitative estimate of drug-likeness (QED) is 0.636. The van der Waals surface area contributed by atoms with Gasteiger partial charge in [-0.15, -0.1) is 0 Å². The van der Waals surface area contributed by atoms with Crippen LogP contribution in [0.3, 0.4) is 0 Å². The lowest BCUT2D eigenvalue weighted by atomic mass is 9.89. The van der Waals surface area contributed by atoms with E-state index in [-0.39, 0.29) is 29.1 Å². The number of aromatic nitrogens is 1. The fraction of sp³-hybridized carbons (Fsp3) is 0.417. The lowest BCUT2D eigenvalue weighted by Crippen LogP contribution is -2.42. The van der Waals surface area contributed by atoms with Crippen molar-refractivity contribution in [2.45, 2.75) is 52.2 Å². The van der Waals surface area contributed by atoms with Gasteiger partial charge in [0.15, 0.2) is 11.4 Å². The summed E-state index contributed by atoms with van der Waals surface area (Å²) in [6, 6.07) is 5.07. The monoisotopic (exact) mass is 458 g/mol. The number of esters is 2. The van der Waals surface area contributed by atoms with E-state index in [2.05, 4.69) is 10.3 Å². The predicted octanol–water partition coefficient (Wildman–Crippen LogP) is 3.01. The van der Waals surface area contributed by atoms with Gasteiger partial charge >= 0.3 is 11.9 Å². The summed E-state index contributed by atoms with van der Waals surface area (Å²) in [7, 11) is 1.38. The molecule has 1 aromatic carbocycles. The zero-order valence-corrected chi connectivity index (χ0v) is 19.0. The summed E-state index contributed by atoms with van der Waals surface area (Å²) >= 11 is 0. The molecule has 176 valence electrons. The number of pyridine rings is 1. The van der Waals surface area contributed by atoms with E-state index in [0.29, 0.717) is 19.3 Å². The Morgan fingerprint density at radius 3 is 2.58 bits per heavy atom. The third kappa shape index (κ3) is 5.85. The van der Waals surface area contributed by atoms with Crippen molar-refractivity contribution in [1.82, 2.24) is 10.3 Å². The normalized spacial score (nSPS) is 15.9. The SMILES string of the molecule is COc1ccnc(C(=O)N[C@@H](C)C(=O)OC2CCc3cc(F)ccc3C2)c1OC(=O)C(C)C. The van der Waals surface area contributed by atoms with Gasteiger partial charge < -0.3 is 19.5 Å². The van der Waals surface area contributed by atoms with Gasteiger partial charge in [0, 0.05) is 18.7 Å². The van der Waals surface area contributed by atoms with E-state index < -0.39 is 29.8 Å². The number of methoxy groups -OCH3 is 1. The summed E-state index contributed by atoms with van der Waals surface area (Å²) in [5.74, 6) is -2.55. The molecule has 2 atom stereocenters.